The predicted molar refractivity (Wildman–Crippen MR) is 61.5 cm³/mol. The van der Waals surface area contributed by atoms with Gasteiger partial charge in [-0.3, -0.25) is 4.79 Å². The highest BCUT2D eigenvalue weighted by Crippen LogP contribution is 2.15. The molecule has 1 aliphatic heterocycles. The van der Waals surface area contributed by atoms with Gasteiger partial charge in [0.25, 0.3) is 5.91 Å². The fraction of sp³-hybridized carbons (Fsp3) is 0.500. The van der Waals surface area contributed by atoms with Gasteiger partial charge in [-0.25, -0.2) is 4.98 Å². The number of morpholine rings is 1. The smallest absolute Gasteiger partial charge is 0.255 e. The molecule has 0 aromatic carbocycles. The molecule has 2 unspecified atom stereocenters. The first-order valence-corrected chi connectivity index (χ1v) is 5.77. The molecule has 2 atom stereocenters. The van der Waals surface area contributed by atoms with Gasteiger partial charge in [-0.1, -0.05) is 0 Å². The van der Waals surface area contributed by atoms with Crippen molar-refractivity contribution in [2.45, 2.75) is 19.1 Å². The first kappa shape index (κ1) is 12.9. The molecule has 2 heterocycles. The molecule has 1 saturated heterocycles. The maximum atomic E-state index is 12.7. The maximum absolute atomic E-state index is 12.7. The van der Waals surface area contributed by atoms with Crippen LogP contribution in [0.4, 0.5) is 4.39 Å². The van der Waals surface area contributed by atoms with Crippen molar-refractivity contribution in [1.29, 1.82) is 0 Å². The number of halogens is 1. The molecule has 0 bridgehead atoms. The molecular formula is C12H15FN2O3. The van der Waals surface area contributed by atoms with Crippen LogP contribution in [0.1, 0.15) is 17.3 Å². The van der Waals surface area contributed by atoms with E-state index in [1.807, 2.05) is 6.92 Å². The molecule has 98 valence electrons. The van der Waals surface area contributed by atoms with Crippen LogP contribution in [0.25, 0.3) is 0 Å². The van der Waals surface area contributed by atoms with Crippen molar-refractivity contribution >= 4 is 5.91 Å². The molecule has 2 rings (SSSR count). The average Bonchev–Trinajstić information content (AvgIpc) is 2.39. The Morgan fingerprint density at radius 1 is 1.67 bits per heavy atom. The number of ether oxygens (including phenoxy) is 1. The topological polar surface area (TPSA) is 62.7 Å². The van der Waals surface area contributed by atoms with Crippen molar-refractivity contribution in [3.05, 3.63) is 29.8 Å². The van der Waals surface area contributed by atoms with E-state index in [9.17, 15) is 9.18 Å². The van der Waals surface area contributed by atoms with Crippen LogP contribution >= 0.6 is 0 Å². The number of rotatable bonds is 2. The second-order valence-corrected chi connectivity index (χ2v) is 4.31. The van der Waals surface area contributed by atoms with Gasteiger partial charge in [-0.05, 0) is 19.1 Å². The molecular weight excluding hydrogens is 239 g/mol. The number of carbonyl (C=O) groups excluding carboxylic acids is 1. The van der Waals surface area contributed by atoms with Gasteiger partial charge in [0.2, 0.25) is 5.95 Å². The van der Waals surface area contributed by atoms with E-state index < -0.39 is 5.95 Å². The summed E-state index contributed by atoms with van der Waals surface area (Å²) in [4.78, 5) is 17.3. The molecule has 0 spiro atoms. The molecule has 1 aromatic rings. The van der Waals surface area contributed by atoms with Crippen LogP contribution in [-0.4, -0.2) is 52.8 Å². The summed E-state index contributed by atoms with van der Waals surface area (Å²) in [7, 11) is 0. The Kier molecular flexibility index (Phi) is 3.88. The third kappa shape index (κ3) is 2.65. The summed E-state index contributed by atoms with van der Waals surface area (Å²) < 4.78 is 18.1. The number of hydrogen-bond donors (Lipinski definition) is 1. The molecule has 18 heavy (non-hydrogen) atoms. The number of carbonyl (C=O) groups is 1. The van der Waals surface area contributed by atoms with E-state index in [-0.39, 0.29) is 24.7 Å². The SMILES string of the molecule is CC1COC(CO)CN1C(=O)c1ccc(F)nc1. The highest BCUT2D eigenvalue weighted by Gasteiger charge is 2.29. The molecule has 5 nitrogen and oxygen atoms in total. The fourth-order valence-corrected chi connectivity index (χ4v) is 1.88. The molecule has 6 heteroatoms. The fourth-order valence-electron chi connectivity index (χ4n) is 1.88. The molecule has 0 saturated carbocycles. The number of pyridine rings is 1. The van der Waals surface area contributed by atoms with E-state index >= 15 is 0 Å². The summed E-state index contributed by atoms with van der Waals surface area (Å²) in [5.41, 5.74) is 0.335. The van der Waals surface area contributed by atoms with Crippen LogP contribution in [0.5, 0.6) is 0 Å². The molecule has 0 radical (unpaired) electrons. The minimum Gasteiger partial charge on any atom is -0.394 e. The Morgan fingerprint density at radius 2 is 2.44 bits per heavy atom. The lowest BCUT2D eigenvalue weighted by Crippen LogP contribution is -2.52. The standard InChI is InChI=1S/C12H15FN2O3/c1-8-7-18-10(6-16)5-15(8)12(17)9-2-3-11(13)14-4-9/h2-4,8,10,16H,5-7H2,1H3. The number of amides is 1. The summed E-state index contributed by atoms with van der Waals surface area (Å²) in [6.07, 6.45) is 0.854. The van der Waals surface area contributed by atoms with Crippen LogP contribution in [-0.2, 0) is 4.74 Å². The maximum Gasteiger partial charge on any atom is 0.255 e. The zero-order valence-corrected chi connectivity index (χ0v) is 10.0. The minimum atomic E-state index is -0.616. The number of nitrogens with zero attached hydrogens (tertiary/aromatic N) is 2. The lowest BCUT2D eigenvalue weighted by atomic mass is 10.1. The van der Waals surface area contributed by atoms with Crippen LogP contribution in [0.2, 0.25) is 0 Å². The van der Waals surface area contributed by atoms with Crippen LogP contribution in [0, 0.1) is 5.95 Å². The van der Waals surface area contributed by atoms with Crippen LogP contribution in [0.3, 0.4) is 0 Å². The van der Waals surface area contributed by atoms with Gasteiger partial charge >= 0.3 is 0 Å². The van der Waals surface area contributed by atoms with Gasteiger partial charge < -0.3 is 14.7 Å². The van der Waals surface area contributed by atoms with Crippen molar-refractivity contribution in [1.82, 2.24) is 9.88 Å². The van der Waals surface area contributed by atoms with E-state index in [1.165, 1.54) is 12.3 Å². The third-order valence-corrected chi connectivity index (χ3v) is 2.94. The van der Waals surface area contributed by atoms with Crippen molar-refractivity contribution in [3.8, 4) is 0 Å². The largest absolute Gasteiger partial charge is 0.394 e. The van der Waals surface area contributed by atoms with Gasteiger partial charge in [-0.15, -0.1) is 0 Å². The second-order valence-electron chi connectivity index (χ2n) is 4.31. The predicted octanol–water partition coefficient (Wildman–Crippen LogP) is 0.442. The van der Waals surface area contributed by atoms with Crippen LogP contribution in [0.15, 0.2) is 18.3 Å². The molecule has 1 aliphatic rings. The minimum absolute atomic E-state index is 0.0784. The average molecular weight is 254 g/mol. The van der Waals surface area contributed by atoms with E-state index in [0.29, 0.717) is 18.7 Å². The van der Waals surface area contributed by atoms with Gasteiger partial charge in [0.05, 0.1) is 30.9 Å². The summed E-state index contributed by atoms with van der Waals surface area (Å²) in [6.45, 7) is 2.44. The van der Waals surface area contributed by atoms with Gasteiger partial charge in [0, 0.05) is 12.7 Å². The Morgan fingerprint density at radius 3 is 3.06 bits per heavy atom. The van der Waals surface area contributed by atoms with Crippen molar-refractivity contribution in [2.24, 2.45) is 0 Å². The molecule has 0 aliphatic carbocycles. The summed E-state index contributed by atoms with van der Waals surface area (Å²) in [5, 5.41) is 9.06. The first-order chi connectivity index (χ1) is 8.61. The number of aliphatic hydroxyl groups is 1. The quantitative estimate of drug-likeness (QED) is 0.778. The Hall–Kier alpha value is -1.53. The zero-order chi connectivity index (χ0) is 13.1. The van der Waals surface area contributed by atoms with Gasteiger partial charge in [-0.2, -0.15) is 4.39 Å². The number of hydrogen-bond acceptors (Lipinski definition) is 4. The van der Waals surface area contributed by atoms with Gasteiger partial charge in [0.15, 0.2) is 0 Å². The monoisotopic (exact) mass is 254 g/mol. The summed E-state index contributed by atoms with van der Waals surface area (Å²) in [6, 6.07) is 2.48. The normalized spacial score (nSPS) is 24.1. The Labute approximate surface area is 104 Å². The lowest BCUT2D eigenvalue weighted by Gasteiger charge is -2.37. The number of aliphatic hydroxyl groups excluding tert-OH is 1. The van der Waals surface area contributed by atoms with Crippen molar-refractivity contribution in [3.63, 3.8) is 0 Å². The Balaban J connectivity index is 2.13. The molecule has 1 aromatic heterocycles. The number of aromatic nitrogens is 1. The van der Waals surface area contributed by atoms with Gasteiger partial charge in [0.1, 0.15) is 0 Å². The molecule has 1 amide bonds. The first-order valence-electron chi connectivity index (χ1n) is 5.77. The summed E-state index contributed by atoms with van der Waals surface area (Å²) >= 11 is 0. The van der Waals surface area contributed by atoms with E-state index in [1.54, 1.807) is 4.90 Å². The highest BCUT2D eigenvalue weighted by molar-refractivity contribution is 5.94. The second kappa shape index (κ2) is 5.41. The van der Waals surface area contributed by atoms with Crippen molar-refractivity contribution in [2.75, 3.05) is 19.8 Å². The van der Waals surface area contributed by atoms with Crippen LogP contribution < -0.4 is 0 Å². The summed E-state index contributed by atoms with van der Waals surface area (Å²) in [5.74, 6) is -0.841. The zero-order valence-electron chi connectivity index (χ0n) is 10.0. The third-order valence-electron chi connectivity index (χ3n) is 2.94. The highest BCUT2D eigenvalue weighted by atomic mass is 19.1. The molecule has 1 N–H and O–H groups in total. The lowest BCUT2D eigenvalue weighted by molar-refractivity contribution is -0.0667. The van der Waals surface area contributed by atoms with E-state index in [2.05, 4.69) is 4.98 Å². The van der Waals surface area contributed by atoms with E-state index in [0.717, 1.165) is 6.07 Å². The van der Waals surface area contributed by atoms with Crippen molar-refractivity contribution < 1.29 is 19.0 Å². The molecule has 1 fully saturated rings. The Bertz CT molecular complexity index is 424. The van der Waals surface area contributed by atoms with E-state index in [4.69, 9.17) is 9.84 Å².